The number of hydrogen-bond donors (Lipinski definition) is 1. The minimum atomic E-state index is -4.49. The number of benzene rings is 3. The van der Waals surface area contributed by atoms with Crippen LogP contribution in [0.3, 0.4) is 0 Å². The number of anilines is 1. The van der Waals surface area contributed by atoms with Crippen molar-refractivity contribution in [2.24, 2.45) is 0 Å². The molecule has 31 heavy (non-hydrogen) atoms. The Bertz CT molecular complexity index is 1160. The Labute approximate surface area is 175 Å². The van der Waals surface area contributed by atoms with E-state index in [2.05, 4.69) is 5.32 Å². The first-order valence-corrected chi connectivity index (χ1v) is 9.30. The van der Waals surface area contributed by atoms with Crippen LogP contribution >= 0.6 is 0 Å². The van der Waals surface area contributed by atoms with Crippen molar-refractivity contribution in [3.05, 3.63) is 89.0 Å². The van der Waals surface area contributed by atoms with Gasteiger partial charge in [-0.1, -0.05) is 30.3 Å². The van der Waals surface area contributed by atoms with Crippen LogP contribution in [0, 0.1) is 0 Å². The van der Waals surface area contributed by atoms with Gasteiger partial charge in [0.15, 0.2) is 17.3 Å². The molecule has 8 heteroatoms. The monoisotopic (exact) mass is 427 g/mol. The van der Waals surface area contributed by atoms with Gasteiger partial charge in [0.1, 0.15) is 0 Å². The third-order valence-corrected chi connectivity index (χ3v) is 4.73. The number of Topliss-reactive ketones (excluding diaryl/α,β-unsaturated/α-hetero) is 1. The lowest BCUT2D eigenvalue weighted by Crippen LogP contribution is -2.15. The molecule has 0 saturated heterocycles. The molecular formula is C23H16F3NO4. The van der Waals surface area contributed by atoms with E-state index < -0.39 is 23.4 Å². The number of para-hydroxylation sites is 1. The Morgan fingerprint density at radius 3 is 2.48 bits per heavy atom. The fraction of sp³-hybridized carbons (Fsp3) is 0.130. The second kappa shape index (κ2) is 8.14. The molecule has 158 valence electrons. The zero-order valence-electron chi connectivity index (χ0n) is 16.0. The Kier molecular flexibility index (Phi) is 5.37. The van der Waals surface area contributed by atoms with Crippen LogP contribution < -0.4 is 14.8 Å². The number of amides is 1. The Balaban J connectivity index is 1.53. The molecule has 1 aliphatic heterocycles. The lowest BCUT2D eigenvalue weighted by molar-refractivity contribution is -0.137. The summed E-state index contributed by atoms with van der Waals surface area (Å²) in [5.74, 6) is 0.105. The standard InChI is InChI=1S/C23H16F3NO4/c24-23(25,26)16-5-3-4-14(10-16)11-19(28)17-6-1-2-7-18(17)27-22(29)15-8-9-20-21(12-15)31-13-30-20/h1-10,12H,11,13H2,(H,27,29). The first-order valence-electron chi connectivity index (χ1n) is 9.30. The number of carbonyl (C=O) groups excluding carboxylic acids is 2. The van der Waals surface area contributed by atoms with Crippen LogP contribution in [-0.4, -0.2) is 18.5 Å². The SMILES string of the molecule is O=C(Nc1ccccc1C(=O)Cc1cccc(C(F)(F)F)c1)c1ccc2c(c1)OCO2. The minimum Gasteiger partial charge on any atom is -0.454 e. The Morgan fingerprint density at radius 2 is 1.68 bits per heavy atom. The molecule has 0 spiro atoms. The van der Waals surface area contributed by atoms with Crippen LogP contribution in [0.25, 0.3) is 0 Å². The van der Waals surface area contributed by atoms with E-state index in [0.717, 1.165) is 12.1 Å². The van der Waals surface area contributed by atoms with E-state index in [1.807, 2.05) is 0 Å². The number of carbonyl (C=O) groups is 2. The molecule has 3 aromatic carbocycles. The van der Waals surface area contributed by atoms with Crippen LogP contribution in [-0.2, 0) is 12.6 Å². The van der Waals surface area contributed by atoms with E-state index in [4.69, 9.17) is 9.47 Å². The van der Waals surface area contributed by atoms with Gasteiger partial charge in [-0.3, -0.25) is 9.59 Å². The molecule has 0 fully saturated rings. The van der Waals surface area contributed by atoms with E-state index in [1.54, 1.807) is 30.3 Å². The summed E-state index contributed by atoms with van der Waals surface area (Å²) in [6, 6.07) is 15.7. The highest BCUT2D eigenvalue weighted by Gasteiger charge is 2.30. The number of nitrogens with one attached hydrogen (secondary N) is 1. The summed E-state index contributed by atoms with van der Waals surface area (Å²) in [5, 5.41) is 2.68. The van der Waals surface area contributed by atoms with Crippen molar-refractivity contribution < 1.29 is 32.2 Å². The molecule has 4 rings (SSSR count). The fourth-order valence-electron chi connectivity index (χ4n) is 3.21. The lowest BCUT2D eigenvalue weighted by Gasteiger charge is -2.12. The normalized spacial score (nSPS) is 12.5. The number of ether oxygens (including phenoxy) is 2. The van der Waals surface area contributed by atoms with Gasteiger partial charge in [-0.25, -0.2) is 0 Å². The molecule has 0 bridgehead atoms. The van der Waals surface area contributed by atoms with Crippen molar-refractivity contribution >= 4 is 17.4 Å². The maximum atomic E-state index is 12.9. The van der Waals surface area contributed by atoms with Crippen molar-refractivity contribution in [2.45, 2.75) is 12.6 Å². The van der Waals surface area contributed by atoms with Gasteiger partial charge in [0.25, 0.3) is 5.91 Å². The summed E-state index contributed by atoms with van der Waals surface area (Å²) in [5.41, 5.74) is 0.194. The Hall–Kier alpha value is -3.81. The molecule has 0 radical (unpaired) electrons. The second-order valence-electron chi connectivity index (χ2n) is 6.87. The van der Waals surface area contributed by atoms with Gasteiger partial charge in [0.2, 0.25) is 6.79 Å². The number of ketones is 1. The van der Waals surface area contributed by atoms with Crippen molar-refractivity contribution in [3.8, 4) is 11.5 Å². The summed E-state index contributed by atoms with van der Waals surface area (Å²) in [6.45, 7) is 0.0767. The molecule has 0 aliphatic carbocycles. The number of fused-ring (bicyclic) bond motifs is 1. The molecule has 1 aliphatic rings. The van der Waals surface area contributed by atoms with Gasteiger partial charge in [-0.15, -0.1) is 0 Å². The molecule has 0 atom stereocenters. The average molecular weight is 427 g/mol. The van der Waals surface area contributed by atoms with E-state index in [0.29, 0.717) is 17.1 Å². The quantitative estimate of drug-likeness (QED) is 0.575. The third-order valence-electron chi connectivity index (χ3n) is 4.73. The van der Waals surface area contributed by atoms with Crippen LogP contribution in [0.4, 0.5) is 18.9 Å². The highest BCUT2D eigenvalue weighted by Crippen LogP contribution is 2.33. The highest BCUT2D eigenvalue weighted by molar-refractivity contribution is 6.10. The van der Waals surface area contributed by atoms with Crippen LogP contribution in [0.5, 0.6) is 11.5 Å². The van der Waals surface area contributed by atoms with Gasteiger partial charge in [-0.2, -0.15) is 13.2 Å². The van der Waals surface area contributed by atoms with Crippen LogP contribution in [0.2, 0.25) is 0 Å². The molecule has 0 saturated carbocycles. The van der Waals surface area contributed by atoms with Crippen molar-refractivity contribution in [2.75, 3.05) is 12.1 Å². The second-order valence-corrected chi connectivity index (χ2v) is 6.87. The molecular weight excluding hydrogens is 411 g/mol. The third kappa shape index (κ3) is 4.53. The summed E-state index contributed by atoms with van der Waals surface area (Å²) >= 11 is 0. The van der Waals surface area contributed by atoms with Crippen molar-refractivity contribution in [1.29, 1.82) is 0 Å². The predicted molar refractivity (Wildman–Crippen MR) is 106 cm³/mol. The smallest absolute Gasteiger partial charge is 0.416 e. The van der Waals surface area contributed by atoms with E-state index in [-0.39, 0.29) is 30.0 Å². The number of rotatable bonds is 5. The first kappa shape index (κ1) is 20.5. The molecule has 5 nitrogen and oxygen atoms in total. The van der Waals surface area contributed by atoms with Crippen LogP contribution in [0.15, 0.2) is 66.7 Å². The summed E-state index contributed by atoms with van der Waals surface area (Å²) in [7, 11) is 0. The highest BCUT2D eigenvalue weighted by atomic mass is 19.4. The lowest BCUT2D eigenvalue weighted by atomic mass is 10.00. The summed E-state index contributed by atoms with van der Waals surface area (Å²) < 4.78 is 49.3. The zero-order chi connectivity index (χ0) is 22.0. The largest absolute Gasteiger partial charge is 0.454 e. The molecule has 1 heterocycles. The molecule has 0 aromatic heterocycles. The van der Waals surface area contributed by atoms with E-state index in [1.165, 1.54) is 24.3 Å². The molecule has 1 amide bonds. The van der Waals surface area contributed by atoms with Gasteiger partial charge in [0, 0.05) is 17.5 Å². The molecule has 1 N–H and O–H groups in total. The van der Waals surface area contributed by atoms with Gasteiger partial charge < -0.3 is 14.8 Å². The maximum absolute atomic E-state index is 12.9. The van der Waals surface area contributed by atoms with Crippen LogP contribution in [0.1, 0.15) is 31.8 Å². The number of hydrogen-bond acceptors (Lipinski definition) is 4. The van der Waals surface area contributed by atoms with Crippen molar-refractivity contribution in [1.82, 2.24) is 0 Å². The Morgan fingerprint density at radius 1 is 0.903 bits per heavy atom. The van der Waals surface area contributed by atoms with Gasteiger partial charge in [0.05, 0.1) is 11.3 Å². The minimum absolute atomic E-state index is 0.0767. The number of halogens is 3. The maximum Gasteiger partial charge on any atom is 0.416 e. The van der Waals surface area contributed by atoms with Gasteiger partial charge in [-0.05, 0) is 42.0 Å². The van der Waals surface area contributed by atoms with Crippen molar-refractivity contribution in [3.63, 3.8) is 0 Å². The predicted octanol–water partition coefficient (Wildman–Crippen LogP) is 5.11. The molecule has 3 aromatic rings. The fourth-order valence-corrected chi connectivity index (χ4v) is 3.21. The van der Waals surface area contributed by atoms with Gasteiger partial charge >= 0.3 is 6.18 Å². The zero-order valence-corrected chi connectivity index (χ0v) is 16.0. The molecule has 0 unspecified atom stereocenters. The summed E-state index contributed by atoms with van der Waals surface area (Å²) in [6.07, 6.45) is -4.73. The van der Waals surface area contributed by atoms with E-state index >= 15 is 0 Å². The van der Waals surface area contributed by atoms with E-state index in [9.17, 15) is 22.8 Å². The average Bonchev–Trinajstić information content (AvgIpc) is 3.21. The summed E-state index contributed by atoms with van der Waals surface area (Å²) in [4.78, 5) is 25.5. The first-order chi connectivity index (χ1) is 14.8. The topological polar surface area (TPSA) is 64.6 Å². The number of alkyl halides is 3.